The standard InChI is InChI=1S/C20H28N4O2/c1-4-24-18(11-17(22-24)9-14(2)3)20(26)23-12-15(19(25)13-23)10-16-7-5-6-8-21-16/h5-8,11,14-15,19,25H,4,9-10,12-13H2,1-3H3/t15-,19-/m1/s1. The molecule has 1 aliphatic heterocycles. The molecule has 3 rings (SSSR count). The van der Waals surface area contributed by atoms with Gasteiger partial charge in [-0.05, 0) is 43.9 Å². The van der Waals surface area contributed by atoms with E-state index >= 15 is 0 Å². The van der Waals surface area contributed by atoms with Crippen LogP contribution in [-0.2, 0) is 19.4 Å². The fourth-order valence-corrected chi connectivity index (χ4v) is 3.57. The molecule has 3 heterocycles. The third-order valence-electron chi connectivity index (χ3n) is 4.86. The van der Waals surface area contributed by atoms with Gasteiger partial charge in [0.2, 0.25) is 0 Å². The third kappa shape index (κ3) is 4.12. The first-order chi connectivity index (χ1) is 12.5. The van der Waals surface area contributed by atoms with Crippen LogP contribution < -0.4 is 0 Å². The first-order valence-electron chi connectivity index (χ1n) is 9.41. The van der Waals surface area contributed by atoms with Crippen LogP contribution in [-0.4, -0.2) is 49.9 Å². The van der Waals surface area contributed by atoms with Crippen LogP contribution in [0.4, 0.5) is 0 Å². The Hall–Kier alpha value is -2.21. The molecule has 26 heavy (non-hydrogen) atoms. The van der Waals surface area contributed by atoms with Crippen LogP contribution in [0, 0.1) is 11.8 Å². The van der Waals surface area contributed by atoms with Crippen molar-refractivity contribution in [2.24, 2.45) is 11.8 Å². The number of aryl methyl sites for hydroxylation is 1. The second-order valence-corrected chi connectivity index (χ2v) is 7.50. The van der Waals surface area contributed by atoms with Gasteiger partial charge >= 0.3 is 0 Å². The van der Waals surface area contributed by atoms with E-state index in [2.05, 4.69) is 23.9 Å². The molecule has 6 nitrogen and oxygen atoms in total. The van der Waals surface area contributed by atoms with Gasteiger partial charge in [0.1, 0.15) is 5.69 Å². The summed E-state index contributed by atoms with van der Waals surface area (Å²) in [6.45, 7) is 7.85. The molecule has 2 aromatic rings. The zero-order valence-corrected chi connectivity index (χ0v) is 15.8. The molecule has 1 N–H and O–H groups in total. The average molecular weight is 356 g/mol. The monoisotopic (exact) mass is 356 g/mol. The number of carbonyl (C=O) groups is 1. The van der Waals surface area contributed by atoms with Gasteiger partial charge in [-0.3, -0.25) is 14.5 Å². The minimum absolute atomic E-state index is 0.0157. The Morgan fingerprint density at radius 3 is 2.77 bits per heavy atom. The third-order valence-corrected chi connectivity index (χ3v) is 4.86. The molecule has 1 fully saturated rings. The summed E-state index contributed by atoms with van der Waals surface area (Å²) in [6, 6.07) is 7.69. The van der Waals surface area contributed by atoms with Crippen LogP contribution >= 0.6 is 0 Å². The predicted octanol–water partition coefficient (Wildman–Crippen LogP) is 2.17. The predicted molar refractivity (Wildman–Crippen MR) is 99.8 cm³/mol. The Kier molecular flexibility index (Phi) is 5.71. The first-order valence-corrected chi connectivity index (χ1v) is 9.41. The molecule has 0 bridgehead atoms. The Labute approximate surface area is 154 Å². The van der Waals surface area contributed by atoms with E-state index in [1.165, 1.54) is 0 Å². The maximum atomic E-state index is 13.0. The van der Waals surface area contributed by atoms with Crippen LogP contribution in [0.25, 0.3) is 0 Å². The molecule has 1 amide bonds. The summed E-state index contributed by atoms with van der Waals surface area (Å²) in [5.74, 6) is 0.466. The second kappa shape index (κ2) is 7.99. The normalized spacial score (nSPS) is 20.1. The number of hydrogen-bond donors (Lipinski definition) is 1. The van der Waals surface area contributed by atoms with Crippen molar-refractivity contribution in [3.8, 4) is 0 Å². The van der Waals surface area contributed by atoms with Crippen LogP contribution in [0.3, 0.4) is 0 Å². The van der Waals surface area contributed by atoms with Gasteiger partial charge in [-0.15, -0.1) is 0 Å². The van der Waals surface area contributed by atoms with E-state index in [1.807, 2.05) is 31.2 Å². The minimum Gasteiger partial charge on any atom is -0.391 e. The molecular formula is C20H28N4O2. The van der Waals surface area contributed by atoms with Gasteiger partial charge in [0.05, 0.1) is 11.8 Å². The molecule has 2 aromatic heterocycles. The summed E-state index contributed by atoms with van der Waals surface area (Å²) in [5.41, 5.74) is 2.52. The van der Waals surface area contributed by atoms with Gasteiger partial charge in [-0.1, -0.05) is 19.9 Å². The Bertz CT molecular complexity index is 742. The van der Waals surface area contributed by atoms with Crippen molar-refractivity contribution < 1.29 is 9.90 Å². The summed E-state index contributed by atoms with van der Waals surface area (Å²) in [7, 11) is 0. The summed E-state index contributed by atoms with van der Waals surface area (Å²) < 4.78 is 1.78. The molecule has 0 aromatic carbocycles. The van der Waals surface area contributed by atoms with Crippen LogP contribution in [0.5, 0.6) is 0 Å². The highest BCUT2D eigenvalue weighted by Gasteiger charge is 2.35. The van der Waals surface area contributed by atoms with E-state index < -0.39 is 6.10 Å². The lowest BCUT2D eigenvalue weighted by molar-refractivity contribution is 0.0752. The van der Waals surface area contributed by atoms with Crippen molar-refractivity contribution in [2.45, 2.75) is 46.3 Å². The molecule has 1 aliphatic rings. The Balaban J connectivity index is 1.71. The number of pyridine rings is 1. The van der Waals surface area contributed by atoms with Crippen molar-refractivity contribution in [1.82, 2.24) is 19.7 Å². The lowest BCUT2D eigenvalue weighted by atomic mass is 10.00. The SMILES string of the molecule is CCn1nc(CC(C)C)cc1C(=O)N1C[C@@H](Cc2ccccn2)[C@H](O)C1. The summed E-state index contributed by atoms with van der Waals surface area (Å²) in [6.07, 6.45) is 2.78. The van der Waals surface area contributed by atoms with Crippen LogP contribution in [0.15, 0.2) is 30.5 Å². The smallest absolute Gasteiger partial charge is 0.272 e. The number of carbonyl (C=O) groups excluding carboxylic acids is 1. The molecule has 140 valence electrons. The number of likely N-dealkylation sites (tertiary alicyclic amines) is 1. The number of nitrogens with zero attached hydrogens (tertiary/aromatic N) is 4. The van der Waals surface area contributed by atoms with Crippen LogP contribution in [0.1, 0.15) is 42.6 Å². The van der Waals surface area contributed by atoms with E-state index in [0.717, 1.165) is 17.8 Å². The lowest BCUT2D eigenvalue weighted by Gasteiger charge is -2.16. The maximum absolute atomic E-state index is 13.0. The van der Waals surface area contributed by atoms with Crippen molar-refractivity contribution in [3.05, 3.63) is 47.5 Å². The fraction of sp³-hybridized carbons (Fsp3) is 0.550. The van der Waals surface area contributed by atoms with Gasteiger partial charge in [0.15, 0.2) is 0 Å². The quantitative estimate of drug-likeness (QED) is 0.861. The number of β-amino-alcohol motifs (C(OH)–C–C–N with tert-alkyl or cyclic N) is 1. The van der Waals surface area contributed by atoms with Gasteiger partial charge in [-0.2, -0.15) is 5.10 Å². The molecule has 0 saturated carbocycles. The topological polar surface area (TPSA) is 71.2 Å². The summed E-state index contributed by atoms with van der Waals surface area (Å²) in [5, 5.41) is 15.0. The number of aromatic nitrogens is 3. The van der Waals surface area contributed by atoms with E-state index in [9.17, 15) is 9.90 Å². The lowest BCUT2D eigenvalue weighted by Crippen LogP contribution is -2.31. The van der Waals surface area contributed by atoms with E-state index in [-0.39, 0.29) is 11.8 Å². The largest absolute Gasteiger partial charge is 0.391 e. The van der Waals surface area contributed by atoms with Crippen molar-refractivity contribution in [2.75, 3.05) is 13.1 Å². The molecule has 0 aliphatic carbocycles. The van der Waals surface area contributed by atoms with Gasteiger partial charge in [0, 0.05) is 37.4 Å². The van der Waals surface area contributed by atoms with Crippen molar-refractivity contribution in [3.63, 3.8) is 0 Å². The highest BCUT2D eigenvalue weighted by molar-refractivity contribution is 5.93. The molecule has 1 saturated heterocycles. The zero-order valence-electron chi connectivity index (χ0n) is 15.8. The molecular weight excluding hydrogens is 328 g/mol. The number of aliphatic hydroxyl groups excluding tert-OH is 1. The van der Waals surface area contributed by atoms with Gasteiger partial charge in [0.25, 0.3) is 5.91 Å². The van der Waals surface area contributed by atoms with E-state index in [1.54, 1.807) is 15.8 Å². The Morgan fingerprint density at radius 1 is 1.31 bits per heavy atom. The summed E-state index contributed by atoms with van der Waals surface area (Å²) in [4.78, 5) is 19.1. The zero-order chi connectivity index (χ0) is 18.7. The maximum Gasteiger partial charge on any atom is 0.272 e. The highest BCUT2D eigenvalue weighted by atomic mass is 16.3. The molecule has 0 unspecified atom stereocenters. The number of rotatable bonds is 6. The average Bonchev–Trinajstić information content (AvgIpc) is 3.18. The van der Waals surface area contributed by atoms with E-state index in [0.29, 0.717) is 37.7 Å². The van der Waals surface area contributed by atoms with Gasteiger partial charge in [-0.25, -0.2) is 0 Å². The number of amides is 1. The van der Waals surface area contributed by atoms with Crippen molar-refractivity contribution in [1.29, 1.82) is 0 Å². The first kappa shape index (κ1) is 18.6. The molecule has 0 spiro atoms. The van der Waals surface area contributed by atoms with Crippen LogP contribution in [0.2, 0.25) is 0 Å². The minimum atomic E-state index is -0.519. The molecule has 6 heteroatoms. The highest BCUT2D eigenvalue weighted by Crippen LogP contribution is 2.23. The summed E-state index contributed by atoms with van der Waals surface area (Å²) >= 11 is 0. The number of aliphatic hydroxyl groups is 1. The number of hydrogen-bond acceptors (Lipinski definition) is 4. The van der Waals surface area contributed by atoms with Gasteiger partial charge < -0.3 is 10.0 Å². The van der Waals surface area contributed by atoms with E-state index in [4.69, 9.17) is 0 Å². The molecule has 2 atom stereocenters. The molecule has 0 radical (unpaired) electrons. The van der Waals surface area contributed by atoms with Crippen molar-refractivity contribution >= 4 is 5.91 Å². The Morgan fingerprint density at radius 2 is 2.12 bits per heavy atom. The second-order valence-electron chi connectivity index (χ2n) is 7.50. The fourth-order valence-electron chi connectivity index (χ4n) is 3.57.